The van der Waals surface area contributed by atoms with E-state index in [0.717, 1.165) is 24.8 Å². The molecule has 0 bridgehead atoms. The number of nitrogens with zero attached hydrogens (tertiary/aromatic N) is 2. The molecule has 0 spiro atoms. The van der Waals surface area contributed by atoms with Gasteiger partial charge in [-0.2, -0.15) is 0 Å². The van der Waals surface area contributed by atoms with E-state index in [4.69, 9.17) is 10.5 Å². The van der Waals surface area contributed by atoms with Crippen molar-refractivity contribution in [3.8, 4) is 0 Å². The lowest BCUT2D eigenvalue weighted by molar-refractivity contribution is -0.149. The number of carbonyl (C=O) groups is 2. The quantitative estimate of drug-likeness (QED) is 0.762. The zero-order valence-electron chi connectivity index (χ0n) is 17.5. The lowest BCUT2D eigenvalue weighted by Crippen LogP contribution is -2.54. The molecule has 7 heteroatoms. The van der Waals surface area contributed by atoms with Crippen molar-refractivity contribution in [3.63, 3.8) is 0 Å². The van der Waals surface area contributed by atoms with E-state index in [1.807, 2.05) is 4.90 Å². The zero-order valence-corrected chi connectivity index (χ0v) is 18.3. The van der Waals surface area contributed by atoms with Crippen LogP contribution in [0.25, 0.3) is 0 Å². The zero-order chi connectivity index (χ0) is 20.1. The second-order valence-electron chi connectivity index (χ2n) is 8.14. The summed E-state index contributed by atoms with van der Waals surface area (Å²) >= 11 is 0. The Morgan fingerprint density at radius 1 is 1.21 bits per heavy atom. The largest absolute Gasteiger partial charge is 0.377 e. The number of piperazine rings is 1. The van der Waals surface area contributed by atoms with Crippen LogP contribution in [0.3, 0.4) is 0 Å². The number of nitrogens with two attached hydrogens (primary N) is 1. The van der Waals surface area contributed by atoms with Gasteiger partial charge in [-0.15, -0.1) is 12.4 Å². The number of amides is 2. The van der Waals surface area contributed by atoms with Gasteiger partial charge in [0.2, 0.25) is 11.8 Å². The molecule has 6 nitrogen and oxygen atoms in total. The minimum Gasteiger partial charge on any atom is -0.377 e. The second-order valence-corrected chi connectivity index (χ2v) is 8.14. The monoisotopic (exact) mass is 423 g/mol. The molecule has 0 radical (unpaired) electrons. The Labute approximate surface area is 180 Å². The molecule has 29 heavy (non-hydrogen) atoms. The van der Waals surface area contributed by atoms with Crippen LogP contribution in [-0.2, 0) is 20.9 Å². The summed E-state index contributed by atoms with van der Waals surface area (Å²) in [5, 5.41) is 0. The molecule has 1 heterocycles. The molecule has 1 aromatic rings. The predicted octanol–water partition coefficient (Wildman–Crippen LogP) is 2.51. The molecule has 2 N–H and O–H groups in total. The molecule has 162 valence electrons. The highest BCUT2D eigenvalue weighted by Gasteiger charge is 2.36. The molecule has 0 aromatic heterocycles. The first-order valence-electron chi connectivity index (χ1n) is 10.5. The second kappa shape index (κ2) is 11.0. The molecular weight excluding hydrogens is 390 g/mol. The maximum Gasteiger partial charge on any atom is 0.242 e. The standard InChI is InChI=1S/C22H33N3O3.ClH/c1-3-12-28-20-13-18(8-9-19(20)23)22(27)25-11-10-24(21(26)15-25)14-17-6-4-16(2)5-7-17;/h4-7,18-20H,3,8-15,23H2,1-2H3;1H/t18-,19+,20+;/m0./s1. The molecule has 1 aromatic carbocycles. The van der Waals surface area contributed by atoms with Crippen molar-refractivity contribution in [1.29, 1.82) is 0 Å². The molecule has 3 rings (SSSR count). The van der Waals surface area contributed by atoms with Crippen molar-refractivity contribution in [2.45, 2.75) is 58.2 Å². The van der Waals surface area contributed by atoms with Crippen LogP contribution in [0, 0.1) is 12.8 Å². The van der Waals surface area contributed by atoms with Gasteiger partial charge in [0.05, 0.1) is 12.6 Å². The van der Waals surface area contributed by atoms with E-state index in [-0.39, 0.29) is 48.8 Å². The molecular formula is C22H34ClN3O3. The van der Waals surface area contributed by atoms with Crippen LogP contribution >= 0.6 is 12.4 Å². The van der Waals surface area contributed by atoms with E-state index in [1.54, 1.807) is 4.90 Å². The van der Waals surface area contributed by atoms with Gasteiger partial charge in [0.25, 0.3) is 0 Å². The summed E-state index contributed by atoms with van der Waals surface area (Å²) in [6, 6.07) is 8.24. The number of halogens is 1. The Balaban J connectivity index is 0.00000300. The normalized spacial score (nSPS) is 24.9. The summed E-state index contributed by atoms with van der Waals surface area (Å²) < 4.78 is 5.85. The van der Waals surface area contributed by atoms with Gasteiger partial charge in [0, 0.05) is 38.2 Å². The molecule has 3 atom stereocenters. The number of carbonyl (C=O) groups excluding carboxylic acids is 2. The smallest absolute Gasteiger partial charge is 0.242 e. The third-order valence-electron chi connectivity index (χ3n) is 5.85. The third kappa shape index (κ3) is 6.17. The highest BCUT2D eigenvalue weighted by molar-refractivity contribution is 5.87. The highest BCUT2D eigenvalue weighted by atomic mass is 35.5. The van der Waals surface area contributed by atoms with Gasteiger partial charge >= 0.3 is 0 Å². The molecule has 1 aliphatic heterocycles. The molecule has 2 amide bonds. The van der Waals surface area contributed by atoms with Gasteiger partial charge in [-0.3, -0.25) is 9.59 Å². The number of hydrogen-bond acceptors (Lipinski definition) is 4. The van der Waals surface area contributed by atoms with E-state index in [1.165, 1.54) is 5.56 Å². The average Bonchev–Trinajstić information content (AvgIpc) is 2.70. The number of rotatable bonds is 6. The fraction of sp³-hybridized carbons (Fsp3) is 0.636. The fourth-order valence-corrected chi connectivity index (χ4v) is 4.07. The SMILES string of the molecule is CCCO[C@@H]1C[C@@H](C(=O)N2CCN(Cc3ccc(C)cc3)C(=O)C2)CC[C@H]1N.Cl. The van der Waals surface area contributed by atoms with Crippen LogP contribution in [0.5, 0.6) is 0 Å². The van der Waals surface area contributed by atoms with Gasteiger partial charge in [-0.25, -0.2) is 0 Å². The summed E-state index contributed by atoms with van der Waals surface area (Å²) in [4.78, 5) is 29.2. The topological polar surface area (TPSA) is 75.9 Å². The lowest BCUT2D eigenvalue weighted by Gasteiger charge is -2.39. The number of ether oxygens (including phenoxy) is 1. The minimum absolute atomic E-state index is 0. The van der Waals surface area contributed by atoms with Crippen molar-refractivity contribution in [2.24, 2.45) is 11.7 Å². The van der Waals surface area contributed by atoms with E-state index in [2.05, 4.69) is 38.1 Å². The summed E-state index contributed by atoms with van der Waals surface area (Å²) in [6.07, 6.45) is 3.13. The molecule has 1 aliphatic carbocycles. The maximum absolute atomic E-state index is 13.0. The van der Waals surface area contributed by atoms with Gasteiger partial charge in [0.1, 0.15) is 0 Å². The van der Waals surface area contributed by atoms with E-state index in [9.17, 15) is 9.59 Å². The Bertz CT molecular complexity index is 682. The summed E-state index contributed by atoms with van der Waals surface area (Å²) in [7, 11) is 0. The van der Waals surface area contributed by atoms with Gasteiger partial charge < -0.3 is 20.3 Å². The van der Waals surface area contributed by atoms with Crippen molar-refractivity contribution >= 4 is 24.2 Å². The van der Waals surface area contributed by atoms with E-state index >= 15 is 0 Å². The minimum atomic E-state index is -0.0851. The molecule has 2 aliphatic rings. The Morgan fingerprint density at radius 3 is 2.59 bits per heavy atom. The third-order valence-corrected chi connectivity index (χ3v) is 5.85. The highest BCUT2D eigenvalue weighted by Crippen LogP contribution is 2.28. The number of aryl methyl sites for hydroxylation is 1. The van der Waals surface area contributed by atoms with Crippen LogP contribution in [0.4, 0.5) is 0 Å². The Kier molecular flexibility index (Phi) is 8.93. The molecule has 0 unspecified atom stereocenters. The van der Waals surface area contributed by atoms with Crippen LogP contribution < -0.4 is 5.73 Å². The van der Waals surface area contributed by atoms with Crippen LogP contribution in [0.15, 0.2) is 24.3 Å². The first kappa shape index (κ1) is 23.6. The number of benzene rings is 1. The van der Waals surface area contributed by atoms with Crippen LogP contribution in [-0.4, -0.2) is 60.0 Å². The van der Waals surface area contributed by atoms with Gasteiger partial charge in [-0.05, 0) is 38.2 Å². The predicted molar refractivity (Wildman–Crippen MR) is 116 cm³/mol. The summed E-state index contributed by atoms with van der Waals surface area (Å²) in [5.74, 6) is 0.0184. The lowest BCUT2D eigenvalue weighted by atomic mass is 9.83. The molecule has 1 saturated heterocycles. The fourth-order valence-electron chi connectivity index (χ4n) is 4.07. The van der Waals surface area contributed by atoms with E-state index < -0.39 is 0 Å². The maximum atomic E-state index is 13.0. The van der Waals surface area contributed by atoms with Gasteiger partial charge in [0.15, 0.2) is 0 Å². The molecule has 1 saturated carbocycles. The van der Waals surface area contributed by atoms with Crippen molar-refractivity contribution in [2.75, 3.05) is 26.2 Å². The average molecular weight is 424 g/mol. The van der Waals surface area contributed by atoms with Crippen LogP contribution in [0.2, 0.25) is 0 Å². The van der Waals surface area contributed by atoms with Crippen LogP contribution in [0.1, 0.15) is 43.7 Å². The van der Waals surface area contributed by atoms with Gasteiger partial charge in [-0.1, -0.05) is 36.8 Å². The number of hydrogen-bond donors (Lipinski definition) is 1. The first-order valence-corrected chi connectivity index (χ1v) is 10.5. The van der Waals surface area contributed by atoms with Crippen molar-refractivity contribution in [1.82, 2.24) is 9.80 Å². The van der Waals surface area contributed by atoms with E-state index in [0.29, 0.717) is 32.7 Å². The summed E-state index contributed by atoms with van der Waals surface area (Å²) in [5.41, 5.74) is 8.50. The van der Waals surface area contributed by atoms with Crippen molar-refractivity contribution < 1.29 is 14.3 Å². The Hall–Kier alpha value is -1.63. The summed E-state index contributed by atoms with van der Waals surface area (Å²) in [6.45, 7) is 6.75. The molecule has 2 fully saturated rings. The Morgan fingerprint density at radius 2 is 1.93 bits per heavy atom. The first-order chi connectivity index (χ1) is 13.5. The van der Waals surface area contributed by atoms with Crippen molar-refractivity contribution in [3.05, 3.63) is 35.4 Å².